The summed E-state index contributed by atoms with van der Waals surface area (Å²) >= 11 is 0. The molecule has 2 saturated heterocycles. The van der Waals surface area contributed by atoms with Gasteiger partial charge in [0.1, 0.15) is 22.2 Å². The Kier molecular flexibility index (Phi) is 10.7. The lowest BCUT2D eigenvalue weighted by Gasteiger charge is -2.44. The van der Waals surface area contributed by atoms with E-state index in [1.165, 1.54) is 16.7 Å². The van der Waals surface area contributed by atoms with Crippen LogP contribution in [0.15, 0.2) is 71.6 Å². The molecule has 0 saturated carbocycles. The van der Waals surface area contributed by atoms with E-state index in [0.717, 1.165) is 42.5 Å². The fraction of sp³-hybridized carbons (Fsp3) is 0.412. The molecule has 0 unspecified atom stereocenters. The normalized spacial score (nSPS) is 17.3. The summed E-state index contributed by atoms with van der Waals surface area (Å²) in [4.78, 5) is 29.1. The number of carbonyl (C=O) groups is 2. The number of nitrogens with zero attached hydrogens (tertiary/aromatic N) is 3. The van der Waals surface area contributed by atoms with Crippen LogP contribution in [0.5, 0.6) is 0 Å². The zero-order chi connectivity index (χ0) is 38.3. The number of hydrogen-bond acceptors (Lipinski definition) is 5. The van der Waals surface area contributed by atoms with Crippen molar-refractivity contribution in [1.29, 1.82) is 0 Å². The number of hydrogen-bond donors (Lipinski definition) is 0. The minimum absolute atomic E-state index is 0.167. The molecular formula is C34H32F9N3O5S. The highest BCUT2D eigenvalue weighted by Crippen LogP contribution is 2.54. The third-order valence-electron chi connectivity index (χ3n) is 9.59. The minimum Gasteiger partial charge on any atom is -0.349 e. The largest absolute Gasteiger partial charge is 0.430 e. The lowest BCUT2D eigenvalue weighted by atomic mass is 9.85. The molecule has 2 aliphatic heterocycles. The highest BCUT2D eigenvalue weighted by atomic mass is 32.2. The van der Waals surface area contributed by atoms with Gasteiger partial charge in [-0.1, -0.05) is 30.3 Å². The second kappa shape index (κ2) is 14.2. The number of urea groups is 1. The van der Waals surface area contributed by atoms with E-state index in [1.807, 2.05) is 0 Å². The molecule has 0 atom stereocenters. The van der Waals surface area contributed by atoms with Crippen molar-refractivity contribution in [3.8, 4) is 0 Å². The van der Waals surface area contributed by atoms with Crippen molar-refractivity contribution < 1.29 is 62.3 Å². The summed E-state index contributed by atoms with van der Waals surface area (Å²) in [6, 6.07) is 7.70. The van der Waals surface area contributed by atoms with Crippen LogP contribution in [0.1, 0.15) is 36.5 Å². The highest BCUT2D eigenvalue weighted by Gasteiger charge is 2.73. The number of sulfone groups is 1. The van der Waals surface area contributed by atoms with Crippen LogP contribution >= 0.6 is 0 Å². The van der Waals surface area contributed by atoms with Crippen LogP contribution in [0.4, 0.5) is 44.3 Å². The van der Waals surface area contributed by atoms with Crippen LogP contribution in [0, 0.1) is 17.5 Å². The first-order valence-corrected chi connectivity index (χ1v) is 17.3. The summed E-state index contributed by atoms with van der Waals surface area (Å²) in [7, 11) is -4.57. The molecule has 3 aromatic rings. The number of likely N-dealkylation sites (tertiary alicyclic amines) is 1. The Labute approximate surface area is 292 Å². The van der Waals surface area contributed by atoms with Gasteiger partial charge in [0.15, 0.2) is 9.84 Å². The number of benzene rings is 3. The first kappa shape index (κ1) is 38.9. The van der Waals surface area contributed by atoms with Crippen LogP contribution in [0.25, 0.3) is 0 Å². The molecule has 2 heterocycles. The average Bonchev–Trinajstić information content (AvgIpc) is 3.08. The van der Waals surface area contributed by atoms with Gasteiger partial charge in [-0.2, -0.15) is 26.3 Å². The molecule has 8 nitrogen and oxygen atoms in total. The number of piperazine rings is 1. The van der Waals surface area contributed by atoms with Crippen molar-refractivity contribution >= 4 is 21.8 Å². The summed E-state index contributed by atoms with van der Waals surface area (Å²) < 4.78 is 161. The quantitative estimate of drug-likeness (QED) is 0.198. The molecule has 3 aromatic carbocycles. The maximum atomic E-state index is 14.5. The van der Waals surface area contributed by atoms with Crippen molar-refractivity contribution in [2.24, 2.45) is 0 Å². The van der Waals surface area contributed by atoms with Gasteiger partial charge in [0.05, 0.1) is 11.5 Å². The van der Waals surface area contributed by atoms with Crippen LogP contribution in [0.3, 0.4) is 0 Å². The van der Waals surface area contributed by atoms with Crippen LogP contribution < -0.4 is 0 Å². The molecule has 2 aliphatic rings. The smallest absolute Gasteiger partial charge is 0.349 e. The molecule has 5 rings (SSSR count). The van der Waals surface area contributed by atoms with Crippen LogP contribution in [-0.4, -0.2) is 86.7 Å². The highest BCUT2D eigenvalue weighted by molar-refractivity contribution is 7.92. The third-order valence-corrected chi connectivity index (χ3v) is 12.2. The number of carbonyl (C=O) groups excluding carboxylic acids is 2. The Hall–Kier alpha value is -4.32. The Morgan fingerprint density at radius 1 is 0.712 bits per heavy atom. The molecule has 0 aliphatic carbocycles. The van der Waals surface area contributed by atoms with Gasteiger partial charge in [0.2, 0.25) is 5.91 Å². The number of rotatable bonds is 7. The zero-order valence-electron chi connectivity index (χ0n) is 27.4. The van der Waals surface area contributed by atoms with Crippen molar-refractivity contribution in [2.45, 2.75) is 54.0 Å². The Morgan fingerprint density at radius 3 is 1.67 bits per heavy atom. The van der Waals surface area contributed by atoms with Gasteiger partial charge in [-0.3, -0.25) is 4.79 Å². The zero-order valence-corrected chi connectivity index (χ0v) is 28.2. The van der Waals surface area contributed by atoms with E-state index in [2.05, 4.69) is 4.74 Å². The van der Waals surface area contributed by atoms with E-state index in [9.17, 15) is 57.5 Å². The average molecular weight is 766 g/mol. The molecule has 0 radical (unpaired) electrons. The van der Waals surface area contributed by atoms with E-state index < -0.39 is 73.8 Å². The molecule has 3 amide bonds. The van der Waals surface area contributed by atoms with Crippen LogP contribution in [-0.2, 0) is 36.3 Å². The molecule has 0 bridgehead atoms. The number of halogens is 9. The fourth-order valence-electron chi connectivity index (χ4n) is 6.62. The number of ether oxygens (including phenoxy) is 1. The monoisotopic (exact) mass is 765 g/mol. The fourth-order valence-corrected chi connectivity index (χ4v) is 8.73. The van der Waals surface area contributed by atoms with E-state index in [0.29, 0.717) is 24.3 Å². The lowest BCUT2D eigenvalue weighted by Crippen LogP contribution is -2.57. The first-order valence-electron chi connectivity index (χ1n) is 15.9. The molecule has 0 aromatic heterocycles. The van der Waals surface area contributed by atoms with E-state index >= 15 is 0 Å². The molecule has 0 spiro atoms. The first-order chi connectivity index (χ1) is 24.2. The van der Waals surface area contributed by atoms with Gasteiger partial charge >= 0.3 is 18.4 Å². The van der Waals surface area contributed by atoms with E-state index in [1.54, 1.807) is 4.90 Å². The lowest BCUT2D eigenvalue weighted by molar-refractivity contribution is -0.392. The number of amides is 3. The Balaban J connectivity index is 1.52. The molecule has 0 N–H and O–H groups in total. The Morgan fingerprint density at radius 2 is 1.19 bits per heavy atom. The molecular weight excluding hydrogens is 733 g/mol. The summed E-state index contributed by atoms with van der Waals surface area (Å²) in [5, 5.41) is 0. The predicted molar refractivity (Wildman–Crippen MR) is 167 cm³/mol. The van der Waals surface area contributed by atoms with Crippen molar-refractivity contribution in [3.63, 3.8) is 0 Å². The van der Waals surface area contributed by atoms with Gasteiger partial charge in [-0.05, 0) is 54.8 Å². The standard InChI is InChI=1S/C34H32F9N3O5S/c1-22(47)44-17-19-46(20-18-44)30(48)45-15-13-31(14-16-45,52(49,50)26-11-9-25(35)10-12-26)23-5-7-24(8-6-23)32(33(38,39)40,34(41,42)43)51-21-27-28(36)3-2-4-29(27)37/h2-12H,13-21H2,1H3. The van der Waals surface area contributed by atoms with Gasteiger partial charge < -0.3 is 19.4 Å². The SMILES string of the molecule is CC(=O)N1CCN(C(=O)N2CCC(c3ccc(C(OCc4c(F)cccc4F)(C(F)(F)F)C(F)(F)F)cc3)(S(=O)(=O)c3ccc(F)cc3)CC2)CC1. The second-order valence-corrected chi connectivity index (χ2v) is 14.7. The molecule has 2 fully saturated rings. The maximum Gasteiger partial charge on any atom is 0.430 e. The second-order valence-electron chi connectivity index (χ2n) is 12.5. The third kappa shape index (κ3) is 6.93. The van der Waals surface area contributed by atoms with E-state index in [4.69, 9.17) is 0 Å². The maximum absolute atomic E-state index is 14.5. The topological polar surface area (TPSA) is 87.2 Å². The van der Waals surface area contributed by atoms with Crippen molar-refractivity contribution in [1.82, 2.24) is 14.7 Å². The Bertz CT molecular complexity index is 1850. The van der Waals surface area contributed by atoms with Crippen molar-refractivity contribution in [3.05, 3.63) is 101 Å². The summed E-state index contributed by atoms with van der Waals surface area (Å²) in [6.45, 7) is 0.210. The van der Waals surface area contributed by atoms with Gasteiger partial charge in [-0.25, -0.2) is 26.4 Å². The van der Waals surface area contributed by atoms with Crippen molar-refractivity contribution in [2.75, 3.05) is 39.3 Å². The molecule has 52 heavy (non-hydrogen) atoms. The predicted octanol–water partition coefficient (Wildman–Crippen LogP) is 6.69. The van der Waals surface area contributed by atoms with Gasteiger partial charge in [0, 0.05) is 57.3 Å². The molecule has 282 valence electrons. The van der Waals surface area contributed by atoms with Crippen LogP contribution in [0.2, 0.25) is 0 Å². The van der Waals surface area contributed by atoms with E-state index in [-0.39, 0.29) is 68.5 Å². The molecule has 18 heteroatoms. The summed E-state index contributed by atoms with van der Waals surface area (Å²) in [5.74, 6) is -3.82. The van der Waals surface area contributed by atoms with Gasteiger partial charge in [0.25, 0.3) is 5.60 Å². The minimum atomic E-state index is -6.23. The number of piperidine rings is 1. The van der Waals surface area contributed by atoms with Gasteiger partial charge in [-0.15, -0.1) is 0 Å². The summed E-state index contributed by atoms with van der Waals surface area (Å²) in [6.07, 6.45) is -13.2. The number of alkyl halides is 6. The summed E-state index contributed by atoms with van der Waals surface area (Å²) in [5.41, 5.74) is -8.04.